The highest BCUT2D eigenvalue weighted by molar-refractivity contribution is 5.86. The summed E-state index contributed by atoms with van der Waals surface area (Å²) in [5.41, 5.74) is 14.1. The topological polar surface area (TPSA) is 62.5 Å². The summed E-state index contributed by atoms with van der Waals surface area (Å²) in [5.74, 6) is 5.20. The standard InChI is InChI=1S/C50H38N4/c51-30-31-11-21-45-43(28-31)44-29-40(20-22-46(44)50(45)41-24-32-23-33(26-41)27-42(50)25-32)36-14-12-34(13-15-36)35-16-18-39(19-17-35)49-53-47(37-7-3-1-4-8-37)52-48(54-49)38-9-5-2-6-10-38/h1-22,28-29,32-33,41-42H,23-27H2. The monoisotopic (exact) mass is 694 g/mol. The molecule has 0 aliphatic heterocycles. The number of benzene rings is 6. The number of rotatable bonds is 5. The molecule has 1 heterocycles. The lowest BCUT2D eigenvalue weighted by atomic mass is 9.43. The van der Waals surface area contributed by atoms with E-state index >= 15 is 0 Å². The molecule has 0 radical (unpaired) electrons. The minimum Gasteiger partial charge on any atom is -0.208 e. The van der Waals surface area contributed by atoms with Crippen molar-refractivity contribution in [2.24, 2.45) is 23.7 Å². The molecule has 6 aromatic carbocycles. The fourth-order valence-corrected chi connectivity index (χ4v) is 11.1. The molecule has 0 atom stereocenters. The van der Waals surface area contributed by atoms with Gasteiger partial charge in [-0.1, -0.05) is 127 Å². The number of hydrogen-bond donors (Lipinski definition) is 0. The van der Waals surface area contributed by atoms with Crippen LogP contribution in [0.5, 0.6) is 0 Å². The highest BCUT2D eigenvalue weighted by Gasteiger charge is 2.61. The molecule has 0 N–H and O–H groups in total. The fourth-order valence-electron chi connectivity index (χ4n) is 11.1. The summed E-state index contributed by atoms with van der Waals surface area (Å²) < 4.78 is 0. The molecule has 0 saturated heterocycles. The van der Waals surface area contributed by atoms with Gasteiger partial charge in [0.15, 0.2) is 17.5 Å². The number of aromatic nitrogens is 3. The number of nitrogens with zero attached hydrogens (tertiary/aromatic N) is 4. The van der Waals surface area contributed by atoms with Gasteiger partial charge in [-0.15, -0.1) is 0 Å². The minimum atomic E-state index is 0.105. The van der Waals surface area contributed by atoms with E-state index in [1.165, 1.54) is 65.5 Å². The molecule has 5 aliphatic rings. The third-order valence-corrected chi connectivity index (χ3v) is 13.2. The third-order valence-electron chi connectivity index (χ3n) is 13.2. The Morgan fingerprint density at radius 3 is 1.33 bits per heavy atom. The Labute approximate surface area is 316 Å². The largest absolute Gasteiger partial charge is 0.208 e. The molecule has 5 aliphatic carbocycles. The molecule has 4 saturated carbocycles. The van der Waals surface area contributed by atoms with Gasteiger partial charge in [-0.3, -0.25) is 0 Å². The van der Waals surface area contributed by atoms with Crippen molar-refractivity contribution in [3.63, 3.8) is 0 Å². The lowest BCUT2D eigenvalue weighted by Crippen LogP contribution is -2.55. The third kappa shape index (κ3) is 4.85. The SMILES string of the molecule is N#Cc1ccc2c(c1)-c1cc(-c3ccc(-c4ccc(-c5nc(-c6ccccc6)nc(-c6ccccc6)n5)cc4)cc3)ccc1C21C2CC3CC(C2)CC1C3. The van der Waals surface area contributed by atoms with Crippen LogP contribution in [-0.2, 0) is 5.41 Å². The molecule has 258 valence electrons. The summed E-state index contributed by atoms with van der Waals surface area (Å²) in [4.78, 5) is 14.7. The maximum atomic E-state index is 9.90. The molecule has 0 unspecified atom stereocenters. The average molecular weight is 695 g/mol. The highest BCUT2D eigenvalue weighted by Crippen LogP contribution is 2.69. The van der Waals surface area contributed by atoms with E-state index in [0.29, 0.717) is 29.3 Å². The molecule has 4 fully saturated rings. The van der Waals surface area contributed by atoms with Crippen molar-refractivity contribution < 1.29 is 0 Å². The Morgan fingerprint density at radius 1 is 0.426 bits per heavy atom. The second-order valence-electron chi connectivity index (χ2n) is 16.0. The van der Waals surface area contributed by atoms with Crippen LogP contribution in [0, 0.1) is 35.0 Å². The van der Waals surface area contributed by atoms with Crippen LogP contribution in [0.25, 0.3) is 67.5 Å². The molecule has 0 amide bonds. The predicted octanol–water partition coefficient (Wildman–Crippen LogP) is 11.8. The predicted molar refractivity (Wildman–Crippen MR) is 215 cm³/mol. The Balaban J connectivity index is 0.914. The first-order chi connectivity index (χ1) is 26.6. The van der Waals surface area contributed by atoms with Crippen molar-refractivity contribution in [1.82, 2.24) is 15.0 Å². The lowest BCUT2D eigenvalue weighted by molar-refractivity contribution is -0.0399. The van der Waals surface area contributed by atoms with E-state index in [-0.39, 0.29) is 5.41 Å². The van der Waals surface area contributed by atoms with Crippen LogP contribution in [0.3, 0.4) is 0 Å². The van der Waals surface area contributed by atoms with E-state index in [2.05, 4.69) is 91.0 Å². The van der Waals surface area contributed by atoms with E-state index in [1.54, 1.807) is 0 Å². The maximum absolute atomic E-state index is 9.90. The zero-order chi connectivity index (χ0) is 35.8. The normalized spacial score (nSPS) is 22.9. The quantitative estimate of drug-likeness (QED) is 0.180. The van der Waals surface area contributed by atoms with Gasteiger partial charge in [-0.05, 0) is 118 Å². The van der Waals surface area contributed by atoms with Crippen LogP contribution < -0.4 is 0 Å². The Kier molecular flexibility index (Phi) is 7.07. The zero-order valence-corrected chi connectivity index (χ0v) is 30.0. The van der Waals surface area contributed by atoms with Crippen molar-refractivity contribution in [3.8, 4) is 73.6 Å². The summed E-state index contributed by atoms with van der Waals surface area (Å²) in [6, 6.07) is 53.9. The van der Waals surface area contributed by atoms with Gasteiger partial charge in [0.05, 0.1) is 11.6 Å². The second kappa shape index (κ2) is 12.2. The molecular weight excluding hydrogens is 657 g/mol. The Morgan fingerprint density at radius 2 is 0.833 bits per heavy atom. The molecule has 1 spiro atoms. The van der Waals surface area contributed by atoms with Gasteiger partial charge >= 0.3 is 0 Å². The van der Waals surface area contributed by atoms with Crippen LogP contribution in [0.2, 0.25) is 0 Å². The molecular formula is C50H38N4. The van der Waals surface area contributed by atoms with Gasteiger partial charge in [0, 0.05) is 22.1 Å². The number of hydrogen-bond acceptors (Lipinski definition) is 4. The molecule has 4 bridgehead atoms. The molecule has 54 heavy (non-hydrogen) atoms. The first-order valence-corrected chi connectivity index (χ1v) is 19.4. The van der Waals surface area contributed by atoms with E-state index in [1.807, 2.05) is 60.7 Å². The van der Waals surface area contributed by atoms with Gasteiger partial charge < -0.3 is 0 Å². The van der Waals surface area contributed by atoms with Crippen LogP contribution >= 0.6 is 0 Å². The second-order valence-corrected chi connectivity index (χ2v) is 16.0. The molecule has 7 aromatic rings. The minimum absolute atomic E-state index is 0.105. The van der Waals surface area contributed by atoms with Crippen LogP contribution in [0.1, 0.15) is 48.8 Å². The summed E-state index contributed by atoms with van der Waals surface area (Å²) >= 11 is 0. The summed E-state index contributed by atoms with van der Waals surface area (Å²) in [5, 5.41) is 9.90. The summed E-state index contributed by atoms with van der Waals surface area (Å²) in [6.07, 6.45) is 6.87. The van der Waals surface area contributed by atoms with Gasteiger partial charge in [0.2, 0.25) is 0 Å². The van der Waals surface area contributed by atoms with Crippen LogP contribution in [0.4, 0.5) is 0 Å². The van der Waals surface area contributed by atoms with E-state index < -0.39 is 0 Å². The van der Waals surface area contributed by atoms with Crippen molar-refractivity contribution in [2.45, 2.75) is 37.5 Å². The van der Waals surface area contributed by atoms with Gasteiger partial charge in [0.25, 0.3) is 0 Å². The molecule has 4 nitrogen and oxygen atoms in total. The lowest BCUT2D eigenvalue weighted by Gasteiger charge is -2.61. The molecule has 1 aromatic heterocycles. The number of fused-ring (bicyclic) bond motifs is 3. The highest BCUT2D eigenvalue weighted by atomic mass is 15.0. The molecule has 4 heteroatoms. The van der Waals surface area contributed by atoms with Crippen LogP contribution in [0.15, 0.2) is 146 Å². The first kappa shape index (κ1) is 31.4. The van der Waals surface area contributed by atoms with Gasteiger partial charge in [0.1, 0.15) is 0 Å². The smallest absolute Gasteiger partial charge is 0.164 e. The van der Waals surface area contributed by atoms with Crippen molar-refractivity contribution in [3.05, 3.63) is 162 Å². The van der Waals surface area contributed by atoms with Crippen LogP contribution in [-0.4, -0.2) is 15.0 Å². The fraction of sp³-hybridized carbons (Fsp3) is 0.200. The van der Waals surface area contributed by atoms with E-state index in [9.17, 15) is 5.26 Å². The van der Waals surface area contributed by atoms with E-state index in [4.69, 9.17) is 15.0 Å². The number of nitriles is 1. The zero-order valence-electron chi connectivity index (χ0n) is 30.0. The average Bonchev–Trinajstić information content (AvgIpc) is 3.52. The van der Waals surface area contributed by atoms with Crippen molar-refractivity contribution in [2.75, 3.05) is 0 Å². The van der Waals surface area contributed by atoms with Crippen molar-refractivity contribution >= 4 is 0 Å². The van der Waals surface area contributed by atoms with Gasteiger partial charge in [-0.2, -0.15) is 5.26 Å². The molecule has 12 rings (SSSR count). The van der Waals surface area contributed by atoms with Crippen molar-refractivity contribution in [1.29, 1.82) is 5.26 Å². The first-order valence-electron chi connectivity index (χ1n) is 19.4. The summed E-state index contributed by atoms with van der Waals surface area (Å²) in [6.45, 7) is 0. The Bertz CT molecular complexity index is 2520. The summed E-state index contributed by atoms with van der Waals surface area (Å²) in [7, 11) is 0. The Hall–Kier alpha value is -6.18. The van der Waals surface area contributed by atoms with Gasteiger partial charge in [-0.25, -0.2) is 15.0 Å². The van der Waals surface area contributed by atoms with E-state index in [0.717, 1.165) is 45.2 Å². The maximum Gasteiger partial charge on any atom is 0.164 e.